The third kappa shape index (κ3) is 3.29. The molecule has 2 aromatic rings. The Morgan fingerprint density at radius 3 is 2.73 bits per heavy atom. The Kier molecular flexibility index (Phi) is 4.97. The molecule has 0 aromatic carbocycles. The zero-order valence-corrected chi connectivity index (χ0v) is 15.4. The number of hydrogen-bond acceptors (Lipinski definition) is 6. The molecular weight excluding hydrogens is 382 g/mol. The number of aryl methyl sites for hydroxylation is 1. The zero-order chi connectivity index (χ0) is 19.0. The van der Waals surface area contributed by atoms with Gasteiger partial charge in [0.25, 0.3) is 5.91 Å². The van der Waals surface area contributed by atoms with E-state index in [9.17, 15) is 19.7 Å². The number of fused-ring (bicyclic) bond motifs is 1. The third-order valence-electron chi connectivity index (χ3n) is 4.25. The standard InChI is InChI=1S/C15H16ClN5O4S/c1-7-12(16)14(21(24)25)19-20(7)6-10(22)18-15-11(13(17)23)8-4-2-3-5-9(8)26-15/h2-6H2,1H3,(H2,17,23)(H,18,22). The first-order valence-corrected chi connectivity index (χ1v) is 9.10. The number of nitrogens with zero attached hydrogens (tertiary/aromatic N) is 3. The van der Waals surface area contributed by atoms with Gasteiger partial charge in [-0.15, -0.1) is 11.3 Å². The summed E-state index contributed by atoms with van der Waals surface area (Å²) in [6.07, 6.45) is 3.63. The fourth-order valence-corrected chi connectivity index (χ4v) is 4.51. The minimum absolute atomic E-state index is 0.104. The number of nitro groups is 1. The van der Waals surface area contributed by atoms with E-state index in [0.717, 1.165) is 40.8 Å². The van der Waals surface area contributed by atoms with E-state index in [2.05, 4.69) is 10.4 Å². The van der Waals surface area contributed by atoms with Crippen molar-refractivity contribution in [3.63, 3.8) is 0 Å². The minimum atomic E-state index is -0.706. The monoisotopic (exact) mass is 397 g/mol. The highest BCUT2D eigenvalue weighted by molar-refractivity contribution is 7.17. The van der Waals surface area contributed by atoms with Crippen LogP contribution in [0.4, 0.5) is 10.8 Å². The first-order valence-electron chi connectivity index (χ1n) is 7.91. The van der Waals surface area contributed by atoms with Crippen LogP contribution in [0, 0.1) is 17.0 Å². The van der Waals surface area contributed by atoms with Crippen molar-refractivity contribution < 1.29 is 14.5 Å². The molecule has 0 spiro atoms. The first-order chi connectivity index (χ1) is 12.3. The van der Waals surface area contributed by atoms with Gasteiger partial charge >= 0.3 is 5.82 Å². The van der Waals surface area contributed by atoms with Gasteiger partial charge < -0.3 is 21.2 Å². The summed E-state index contributed by atoms with van der Waals surface area (Å²) in [5, 5.41) is 17.6. The van der Waals surface area contributed by atoms with E-state index < -0.39 is 22.6 Å². The minimum Gasteiger partial charge on any atom is -0.365 e. The summed E-state index contributed by atoms with van der Waals surface area (Å²) in [6, 6.07) is 0. The fraction of sp³-hybridized carbons (Fsp3) is 0.400. The second-order valence-electron chi connectivity index (χ2n) is 5.97. The van der Waals surface area contributed by atoms with Crippen molar-refractivity contribution in [3.8, 4) is 0 Å². The van der Waals surface area contributed by atoms with Crippen LogP contribution in [-0.4, -0.2) is 26.5 Å². The number of carbonyl (C=O) groups is 2. The van der Waals surface area contributed by atoms with Crippen molar-refractivity contribution in [3.05, 3.63) is 36.8 Å². The van der Waals surface area contributed by atoms with Crippen molar-refractivity contribution >= 4 is 45.6 Å². The van der Waals surface area contributed by atoms with E-state index in [4.69, 9.17) is 17.3 Å². The summed E-state index contributed by atoms with van der Waals surface area (Å²) in [5.74, 6) is -1.54. The predicted octanol–water partition coefficient (Wildman–Crippen LogP) is 2.43. The molecule has 2 aromatic heterocycles. The molecule has 11 heteroatoms. The van der Waals surface area contributed by atoms with Gasteiger partial charge in [-0.05, 0) is 43.1 Å². The summed E-state index contributed by atoms with van der Waals surface area (Å²) < 4.78 is 1.16. The van der Waals surface area contributed by atoms with Crippen LogP contribution in [0.5, 0.6) is 0 Å². The second-order valence-corrected chi connectivity index (χ2v) is 7.45. The lowest BCUT2D eigenvalue weighted by atomic mass is 9.95. The van der Waals surface area contributed by atoms with Gasteiger partial charge in [-0.25, -0.2) is 0 Å². The van der Waals surface area contributed by atoms with E-state index in [1.54, 1.807) is 0 Å². The number of primary amides is 1. The molecule has 9 nitrogen and oxygen atoms in total. The molecule has 138 valence electrons. The molecular formula is C15H16ClN5O4S. The highest BCUT2D eigenvalue weighted by atomic mass is 35.5. The van der Waals surface area contributed by atoms with Crippen LogP contribution in [0.3, 0.4) is 0 Å². The predicted molar refractivity (Wildman–Crippen MR) is 96.7 cm³/mol. The van der Waals surface area contributed by atoms with Gasteiger partial charge in [-0.1, -0.05) is 11.6 Å². The van der Waals surface area contributed by atoms with Gasteiger partial charge in [0.15, 0.2) is 5.02 Å². The van der Waals surface area contributed by atoms with Crippen LogP contribution < -0.4 is 11.1 Å². The zero-order valence-electron chi connectivity index (χ0n) is 13.9. The molecule has 1 aliphatic carbocycles. The smallest absolute Gasteiger partial charge is 0.365 e. The van der Waals surface area contributed by atoms with Crippen LogP contribution >= 0.6 is 22.9 Å². The van der Waals surface area contributed by atoms with E-state index >= 15 is 0 Å². The first kappa shape index (κ1) is 18.3. The van der Waals surface area contributed by atoms with Gasteiger partial charge in [-0.2, -0.15) is 4.68 Å². The number of anilines is 1. The topological polar surface area (TPSA) is 133 Å². The number of carbonyl (C=O) groups excluding carboxylic acids is 2. The number of aromatic nitrogens is 2. The molecule has 0 aliphatic heterocycles. The second kappa shape index (κ2) is 7.04. The Morgan fingerprint density at radius 2 is 2.12 bits per heavy atom. The number of rotatable bonds is 5. The summed E-state index contributed by atoms with van der Waals surface area (Å²) in [6.45, 7) is 1.27. The largest absolute Gasteiger partial charge is 0.408 e. The third-order valence-corrected chi connectivity index (χ3v) is 5.90. The lowest BCUT2D eigenvalue weighted by Gasteiger charge is -2.11. The molecule has 0 atom stereocenters. The molecule has 2 amide bonds. The maximum atomic E-state index is 12.4. The number of amides is 2. The van der Waals surface area contributed by atoms with E-state index in [-0.39, 0.29) is 11.6 Å². The Bertz CT molecular complexity index is 920. The molecule has 3 rings (SSSR count). The molecule has 1 aliphatic rings. The van der Waals surface area contributed by atoms with E-state index in [1.165, 1.54) is 18.3 Å². The lowest BCUT2D eigenvalue weighted by molar-refractivity contribution is -0.389. The van der Waals surface area contributed by atoms with Gasteiger partial charge in [-0.3, -0.25) is 9.59 Å². The van der Waals surface area contributed by atoms with Gasteiger partial charge in [0.05, 0.1) is 16.4 Å². The summed E-state index contributed by atoms with van der Waals surface area (Å²) >= 11 is 7.22. The van der Waals surface area contributed by atoms with Crippen LogP contribution in [-0.2, 0) is 24.2 Å². The quantitative estimate of drug-likeness (QED) is 0.590. The molecule has 0 fully saturated rings. The number of thiophene rings is 1. The Balaban J connectivity index is 1.83. The van der Waals surface area contributed by atoms with Crippen molar-refractivity contribution in [1.82, 2.24) is 9.78 Å². The van der Waals surface area contributed by atoms with E-state index in [1.807, 2.05) is 0 Å². The Morgan fingerprint density at radius 1 is 1.42 bits per heavy atom. The normalized spacial score (nSPS) is 13.3. The molecule has 0 bridgehead atoms. The molecule has 0 radical (unpaired) electrons. The SMILES string of the molecule is Cc1c(Cl)c([N+](=O)[O-])nn1CC(=O)Nc1sc2c(c1C(N)=O)CCCC2. The average Bonchev–Trinajstić information content (AvgIpc) is 3.06. The highest BCUT2D eigenvalue weighted by Crippen LogP contribution is 2.38. The molecule has 26 heavy (non-hydrogen) atoms. The maximum absolute atomic E-state index is 12.4. The van der Waals surface area contributed by atoms with E-state index in [0.29, 0.717) is 16.3 Å². The van der Waals surface area contributed by atoms with Crippen LogP contribution in [0.15, 0.2) is 0 Å². The summed E-state index contributed by atoms with van der Waals surface area (Å²) in [7, 11) is 0. The number of hydrogen-bond donors (Lipinski definition) is 2. The Hall–Kier alpha value is -2.46. The number of halogens is 1. The number of nitrogens with one attached hydrogen (secondary N) is 1. The van der Waals surface area contributed by atoms with Gasteiger partial charge in [0, 0.05) is 4.88 Å². The fourth-order valence-electron chi connectivity index (χ4n) is 3.00. The molecule has 3 N–H and O–H groups in total. The molecule has 0 saturated carbocycles. The van der Waals surface area contributed by atoms with Crippen LogP contribution in [0.1, 0.15) is 39.3 Å². The van der Waals surface area contributed by atoms with Crippen molar-refractivity contribution in [2.24, 2.45) is 5.73 Å². The molecule has 0 unspecified atom stereocenters. The number of nitrogens with two attached hydrogens (primary N) is 1. The van der Waals surface area contributed by atoms with Crippen LogP contribution in [0.25, 0.3) is 0 Å². The van der Waals surface area contributed by atoms with Crippen molar-refractivity contribution in [1.29, 1.82) is 0 Å². The van der Waals surface area contributed by atoms with Crippen molar-refractivity contribution in [2.45, 2.75) is 39.2 Å². The molecule has 2 heterocycles. The average molecular weight is 398 g/mol. The Labute approximate surface area is 157 Å². The maximum Gasteiger partial charge on any atom is 0.408 e. The highest BCUT2D eigenvalue weighted by Gasteiger charge is 2.27. The van der Waals surface area contributed by atoms with Crippen molar-refractivity contribution in [2.75, 3.05) is 5.32 Å². The summed E-state index contributed by atoms with van der Waals surface area (Å²) in [5.41, 5.74) is 7.09. The van der Waals surface area contributed by atoms with Gasteiger partial charge in [0.1, 0.15) is 11.5 Å². The summed E-state index contributed by atoms with van der Waals surface area (Å²) in [4.78, 5) is 35.5. The molecule has 0 saturated heterocycles. The van der Waals surface area contributed by atoms with Gasteiger partial charge in [0.2, 0.25) is 5.91 Å². The van der Waals surface area contributed by atoms with Crippen LogP contribution in [0.2, 0.25) is 5.02 Å². The lowest BCUT2D eigenvalue weighted by Crippen LogP contribution is -2.22.